The number of nitrogens with one attached hydrogen (secondary N) is 2. The molecular weight excluding hydrogens is 344 g/mol. The molecule has 0 unspecified atom stereocenters. The van der Waals surface area contributed by atoms with Crippen molar-refractivity contribution >= 4 is 17.9 Å². The maximum Gasteiger partial charge on any atom is 0.321 e. The molecule has 1 atom stereocenters. The topological polar surface area (TPSA) is 84.5 Å². The van der Waals surface area contributed by atoms with E-state index in [0.717, 1.165) is 44.1 Å². The number of imide groups is 1. The molecule has 0 heterocycles. The largest absolute Gasteiger partial charge is 0.452 e. The van der Waals surface area contributed by atoms with Crippen LogP contribution in [0.2, 0.25) is 0 Å². The summed E-state index contributed by atoms with van der Waals surface area (Å²) in [7, 11) is 0. The number of hydrogen-bond donors (Lipinski definition) is 2. The van der Waals surface area contributed by atoms with Crippen molar-refractivity contribution in [2.24, 2.45) is 0 Å². The zero-order valence-electron chi connectivity index (χ0n) is 15.9. The van der Waals surface area contributed by atoms with Crippen LogP contribution in [0.4, 0.5) is 4.79 Å². The van der Waals surface area contributed by atoms with Gasteiger partial charge in [-0.25, -0.2) is 4.79 Å². The van der Waals surface area contributed by atoms with Gasteiger partial charge in [0.05, 0.1) is 6.42 Å². The zero-order chi connectivity index (χ0) is 19.2. The summed E-state index contributed by atoms with van der Waals surface area (Å²) in [6.45, 7) is 1.48. The molecule has 3 amide bonds. The van der Waals surface area contributed by atoms with Crippen LogP contribution in [0.15, 0.2) is 18.2 Å². The fraction of sp³-hybridized carbons (Fsp3) is 0.571. The first kappa shape index (κ1) is 19.4. The number of carbonyl (C=O) groups is 3. The van der Waals surface area contributed by atoms with Gasteiger partial charge in [-0.15, -0.1) is 0 Å². The van der Waals surface area contributed by atoms with Crippen molar-refractivity contribution in [3.05, 3.63) is 34.9 Å². The van der Waals surface area contributed by atoms with Gasteiger partial charge in [-0.3, -0.25) is 14.9 Å². The molecule has 146 valence electrons. The highest BCUT2D eigenvalue weighted by Crippen LogP contribution is 2.22. The Hall–Kier alpha value is -2.37. The first-order valence-corrected chi connectivity index (χ1v) is 9.93. The van der Waals surface area contributed by atoms with E-state index in [9.17, 15) is 14.4 Å². The van der Waals surface area contributed by atoms with Gasteiger partial charge in [0.25, 0.3) is 5.91 Å². The third-order valence-electron chi connectivity index (χ3n) is 5.37. The molecule has 0 aromatic heterocycles. The van der Waals surface area contributed by atoms with Crippen molar-refractivity contribution < 1.29 is 19.1 Å². The number of hydrogen-bond acceptors (Lipinski definition) is 4. The first-order valence-electron chi connectivity index (χ1n) is 9.93. The second-order valence-corrected chi connectivity index (χ2v) is 7.56. The Morgan fingerprint density at radius 3 is 2.52 bits per heavy atom. The van der Waals surface area contributed by atoms with Crippen LogP contribution >= 0.6 is 0 Å². The normalized spacial score (nSPS) is 17.7. The van der Waals surface area contributed by atoms with Crippen LogP contribution in [0.3, 0.4) is 0 Å². The molecular formula is C21H28N2O4. The Kier molecular flexibility index (Phi) is 6.48. The Balaban J connectivity index is 1.45. The zero-order valence-corrected chi connectivity index (χ0v) is 15.9. The second-order valence-electron chi connectivity index (χ2n) is 7.56. The van der Waals surface area contributed by atoms with E-state index in [1.807, 2.05) is 6.07 Å². The number of carbonyl (C=O) groups excluding carboxylic acids is 3. The van der Waals surface area contributed by atoms with E-state index in [4.69, 9.17) is 4.74 Å². The molecule has 1 fully saturated rings. The van der Waals surface area contributed by atoms with Crippen LogP contribution in [0.5, 0.6) is 0 Å². The molecule has 2 N–H and O–H groups in total. The van der Waals surface area contributed by atoms with Crippen LogP contribution < -0.4 is 10.6 Å². The third-order valence-corrected chi connectivity index (χ3v) is 5.37. The Morgan fingerprint density at radius 1 is 1.07 bits per heavy atom. The van der Waals surface area contributed by atoms with Crippen molar-refractivity contribution in [2.75, 3.05) is 0 Å². The van der Waals surface area contributed by atoms with Gasteiger partial charge in [0, 0.05) is 6.04 Å². The van der Waals surface area contributed by atoms with Crippen molar-refractivity contribution in [3.63, 3.8) is 0 Å². The van der Waals surface area contributed by atoms with Crippen LogP contribution in [0.1, 0.15) is 62.1 Å². The molecule has 0 aliphatic heterocycles. The van der Waals surface area contributed by atoms with E-state index in [1.165, 1.54) is 30.9 Å². The molecule has 0 spiro atoms. The van der Waals surface area contributed by atoms with Gasteiger partial charge in [-0.2, -0.15) is 0 Å². The van der Waals surface area contributed by atoms with Gasteiger partial charge in [0.15, 0.2) is 6.10 Å². The summed E-state index contributed by atoms with van der Waals surface area (Å²) < 4.78 is 5.20. The van der Waals surface area contributed by atoms with Crippen LogP contribution in [0.25, 0.3) is 0 Å². The summed E-state index contributed by atoms with van der Waals surface area (Å²) in [5.74, 6) is -1.08. The predicted octanol–water partition coefficient (Wildman–Crippen LogP) is 2.81. The average molecular weight is 372 g/mol. The molecule has 0 saturated heterocycles. The summed E-state index contributed by atoms with van der Waals surface area (Å²) in [6, 6.07) is 5.70. The van der Waals surface area contributed by atoms with E-state index >= 15 is 0 Å². The standard InChI is InChI=1S/C21H28N2O4/c1-14(20(25)23-21(26)22-18-8-4-5-9-18)27-19(24)13-15-10-11-16-6-2-3-7-17(16)12-15/h10-12,14,18H,2-9,13H2,1H3,(H2,22,23,25,26)/t14-/m1/s1. The highest BCUT2D eigenvalue weighted by atomic mass is 16.5. The number of fused-ring (bicyclic) bond motifs is 1. The Bertz CT molecular complexity index is 710. The van der Waals surface area contributed by atoms with Gasteiger partial charge in [0.1, 0.15) is 0 Å². The molecule has 6 nitrogen and oxygen atoms in total. The fourth-order valence-corrected chi connectivity index (χ4v) is 3.86. The average Bonchev–Trinajstić information content (AvgIpc) is 3.14. The van der Waals surface area contributed by atoms with E-state index in [1.54, 1.807) is 0 Å². The smallest absolute Gasteiger partial charge is 0.321 e. The molecule has 2 aliphatic carbocycles. The number of amides is 3. The molecule has 27 heavy (non-hydrogen) atoms. The lowest BCUT2D eigenvalue weighted by Crippen LogP contribution is -2.47. The number of aryl methyl sites for hydroxylation is 2. The second kappa shape index (κ2) is 9.02. The predicted molar refractivity (Wildman–Crippen MR) is 101 cm³/mol. The molecule has 6 heteroatoms. The summed E-state index contributed by atoms with van der Waals surface area (Å²) >= 11 is 0. The van der Waals surface area contributed by atoms with Crippen molar-refractivity contribution in [1.82, 2.24) is 10.6 Å². The van der Waals surface area contributed by atoms with Gasteiger partial charge in [-0.05, 0) is 62.1 Å². The van der Waals surface area contributed by atoms with Gasteiger partial charge >= 0.3 is 12.0 Å². The number of esters is 1. The summed E-state index contributed by atoms with van der Waals surface area (Å²) in [5.41, 5.74) is 3.56. The SMILES string of the molecule is C[C@@H](OC(=O)Cc1ccc2c(c1)CCCC2)C(=O)NC(=O)NC1CCCC1. The number of urea groups is 1. The molecule has 1 saturated carbocycles. The lowest BCUT2D eigenvalue weighted by molar-refractivity contribution is -0.153. The quantitative estimate of drug-likeness (QED) is 0.779. The maximum absolute atomic E-state index is 12.2. The Labute approximate surface area is 160 Å². The summed E-state index contributed by atoms with van der Waals surface area (Å²) in [4.78, 5) is 36.1. The molecule has 0 bridgehead atoms. The monoisotopic (exact) mass is 372 g/mol. The molecule has 0 radical (unpaired) electrons. The molecule has 2 aliphatic rings. The van der Waals surface area contributed by atoms with E-state index in [2.05, 4.69) is 22.8 Å². The molecule has 1 aromatic carbocycles. The fourth-order valence-electron chi connectivity index (χ4n) is 3.86. The van der Waals surface area contributed by atoms with Crippen molar-refractivity contribution in [1.29, 1.82) is 0 Å². The van der Waals surface area contributed by atoms with Gasteiger partial charge in [-0.1, -0.05) is 31.0 Å². The van der Waals surface area contributed by atoms with Crippen LogP contribution in [0, 0.1) is 0 Å². The van der Waals surface area contributed by atoms with Gasteiger partial charge in [0.2, 0.25) is 0 Å². The van der Waals surface area contributed by atoms with Crippen LogP contribution in [-0.4, -0.2) is 30.1 Å². The minimum atomic E-state index is -1.01. The lowest BCUT2D eigenvalue weighted by Gasteiger charge is -2.17. The van der Waals surface area contributed by atoms with Crippen molar-refractivity contribution in [3.8, 4) is 0 Å². The van der Waals surface area contributed by atoms with Crippen molar-refractivity contribution in [2.45, 2.75) is 76.9 Å². The van der Waals surface area contributed by atoms with E-state index in [-0.39, 0.29) is 12.5 Å². The number of rotatable bonds is 5. The minimum Gasteiger partial charge on any atom is -0.452 e. The molecule has 3 rings (SSSR count). The van der Waals surface area contributed by atoms with Crippen LogP contribution in [-0.2, 0) is 33.6 Å². The maximum atomic E-state index is 12.2. The highest BCUT2D eigenvalue weighted by Gasteiger charge is 2.23. The number of ether oxygens (including phenoxy) is 1. The third kappa shape index (κ3) is 5.55. The summed E-state index contributed by atoms with van der Waals surface area (Å²) in [6.07, 6.45) is 7.72. The Morgan fingerprint density at radius 2 is 1.78 bits per heavy atom. The van der Waals surface area contributed by atoms with Gasteiger partial charge < -0.3 is 10.1 Å². The first-order chi connectivity index (χ1) is 13.0. The van der Waals surface area contributed by atoms with E-state index < -0.39 is 24.0 Å². The molecule has 1 aromatic rings. The summed E-state index contributed by atoms with van der Waals surface area (Å²) in [5, 5.41) is 5.03. The number of benzene rings is 1. The van der Waals surface area contributed by atoms with E-state index in [0.29, 0.717) is 0 Å². The minimum absolute atomic E-state index is 0.124. The lowest BCUT2D eigenvalue weighted by atomic mass is 9.90. The highest BCUT2D eigenvalue weighted by molar-refractivity contribution is 5.97.